The number of halogens is 3. The molecule has 0 atom stereocenters. The summed E-state index contributed by atoms with van der Waals surface area (Å²) in [6.07, 6.45) is 1.43. The van der Waals surface area contributed by atoms with E-state index in [1.54, 1.807) is 0 Å². The van der Waals surface area contributed by atoms with E-state index in [1.807, 2.05) is 0 Å². The van der Waals surface area contributed by atoms with Gasteiger partial charge in [0.15, 0.2) is 17.3 Å². The number of rotatable bonds is 6. The molecular weight excluding hydrogens is 410 g/mol. The number of methoxy groups -OCH3 is 1. The molecular formula is C19H13ClF2N2O5. The predicted octanol–water partition coefficient (Wildman–Crippen LogP) is 3.97. The molecule has 0 aliphatic heterocycles. The van der Waals surface area contributed by atoms with Crippen molar-refractivity contribution in [2.75, 3.05) is 7.11 Å². The third-order valence-electron chi connectivity index (χ3n) is 3.88. The lowest BCUT2D eigenvalue weighted by Gasteiger charge is -2.10. The van der Waals surface area contributed by atoms with Gasteiger partial charge in [-0.15, -0.1) is 0 Å². The number of alkyl halides is 2. The molecule has 29 heavy (non-hydrogen) atoms. The molecule has 1 heterocycles. The van der Waals surface area contributed by atoms with Crippen molar-refractivity contribution in [2.45, 2.75) is 6.61 Å². The van der Waals surface area contributed by atoms with Gasteiger partial charge >= 0.3 is 12.6 Å². The van der Waals surface area contributed by atoms with Gasteiger partial charge < -0.3 is 19.6 Å². The van der Waals surface area contributed by atoms with Crippen LogP contribution in [-0.2, 0) is 0 Å². The Morgan fingerprint density at radius 2 is 2.00 bits per heavy atom. The Kier molecular flexibility index (Phi) is 5.79. The van der Waals surface area contributed by atoms with Crippen LogP contribution in [0.4, 0.5) is 8.78 Å². The topological polar surface area (TPSA) is 102 Å². The summed E-state index contributed by atoms with van der Waals surface area (Å²) in [5.74, 6) is -1.22. The van der Waals surface area contributed by atoms with Crippen LogP contribution in [0.25, 0.3) is 22.0 Å². The first-order valence-electron chi connectivity index (χ1n) is 8.06. The van der Waals surface area contributed by atoms with Crippen molar-refractivity contribution in [3.05, 3.63) is 63.7 Å². The van der Waals surface area contributed by atoms with Gasteiger partial charge in [-0.2, -0.15) is 8.78 Å². The molecule has 0 amide bonds. The summed E-state index contributed by atoms with van der Waals surface area (Å²) in [5.41, 5.74) is 0.108. The first kappa shape index (κ1) is 20.3. The number of carbonyl (C=O) groups is 1. The number of carboxylic acid groups (broad SMARTS) is 1. The summed E-state index contributed by atoms with van der Waals surface area (Å²) < 4.78 is 34.2. The first-order valence-corrected chi connectivity index (χ1v) is 8.44. The van der Waals surface area contributed by atoms with E-state index in [0.29, 0.717) is 5.56 Å². The Balaban J connectivity index is 2.02. The van der Waals surface area contributed by atoms with Crippen molar-refractivity contribution in [2.24, 2.45) is 0 Å². The second kappa shape index (κ2) is 8.27. The summed E-state index contributed by atoms with van der Waals surface area (Å²) in [4.78, 5) is 30.1. The number of carboxylic acids is 1. The summed E-state index contributed by atoms with van der Waals surface area (Å²) in [7, 11) is 1.30. The van der Waals surface area contributed by atoms with Gasteiger partial charge in [-0.3, -0.25) is 4.79 Å². The van der Waals surface area contributed by atoms with Crippen LogP contribution in [0, 0.1) is 0 Å². The maximum Gasteiger partial charge on any atom is 0.387 e. The normalized spacial score (nSPS) is 11.7. The Hall–Kier alpha value is -3.46. The number of nitrogens with one attached hydrogen (secondary N) is 1. The van der Waals surface area contributed by atoms with Crippen LogP contribution in [0.5, 0.6) is 11.5 Å². The second-order valence-electron chi connectivity index (χ2n) is 5.73. The van der Waals surface area contributed by atoms with Crippen LogP contribution >= 0.6 is 11.6 Å². The SMILES string of the molecule is COc1cc(/C=C(\Cl)c2nc3cc(C(=O)O)ccc3c(=O)[nH]2)ccc1OC(F)F. The van der Waals surface area contributed by atoms with E-state index in [9.17, 15) is 18.4 Å². The molecule has 0 radical (unpaired) electrons. The van der Waals surface area contributed by atoms with Crippen LogP contribution in [0.1, 0.15) is 21.7 Å². The molecule has 7 nitrogen and oxygen atoms in total. The molecule has 0 fully saturated rings. The maximum atomic E-state index is 12.4. The van der Waals surface area contributed by atoms with Crippen molar-refractivity contribution in [1.29, 1.82) is 0 Å². The number of benzene rings is 2. The Bertz CT molecular complexity index is 1180. The molecule has 0 saturated heterocycles. The quantitative estimate of drug-likeness (QED) is 0.623. The molecule has 10 heteroatoms. The number of ether oxygens (including phenoxy) is 2. The fourth-order valence-corrected chi connectivity index (χ4v) is 2.78. The lowest BCUT2D eigenvalue weighted by atomic mass is 10.1. The molecule has 0 unspecified atom stereocenters. The van der Waals surface area contributed by atoms with Gasteiger partial charge in [-0.1, -0.05) is 17.7 Å². The molecule has 0 bridgehead atoms. The number of hydrogen-bond donors (Lipinski definition) is 2. The van der Waals surface area contributed by atoms with Crippen LogP contribution in [0.2, 0.25) is 0 Å². The minimum Gasteiger partial charge on any atom is -0.493 e. The Morgan fingerprint density at radius 1 is 1.24 bits per heavy atom. The van der Waals surface area contributed by atoms with Gasteiger partial charge in [0.25, 0.3) is 5.56 Å². The fraction of sp³-hybridized carbons (Fsp3) is 0.105. The van der Waals surface area contributed by atoms with Crippen molar-refractivity contribution in [3.8, 4) is 11.5 Å². The largest absolute Gasteiger partial charge is 0.493 e. The summed E-state index contributed by atoms with van der Waals surface area (Å²) >= 11 is 6.26. The third-order valence-corrected chi connectivity index (χ3v) is 4.16. The lowest BCUT2D eigenvalue weighted by Crippen LogP contribution is -2.11. The molecule has 150 valence electrons. The highest BCUT2D eigenvalue weighted by Gasteiger charge is 2.13. The molecule has 3 rings (SSSR count). The summed E-state index contributed by atoms with van der Waals surface area (Å²) in [6, 6.07) is 8.09. The van der Waals surface area contributed by atoms with Crippen molar-refractivity contribution in [1.82, 2.24) is 9.97 Å². The van der Waals surface area contributed by atoms with Gasteiger partial charge in [0.1, 0.15) is 0 Å². The van der Waals surface area contributed by atoms with Gasteiger partial charge in [0, 0.05) is 0 Å². The van der Waals surface area contributed by atoms with E-state index in [1.165, 1.54) is 49.6 Å². The van der Waals surface area contributed by atoms with Crippen molar-refractivity contribution < 1.29 is 28.2 Å². The zero-order valence-electron chi connectivity index (χ0n) is 14.8. The standard InChI is InChI=1S/C19H13ClF2N2O5/c1-28-15-7-9(2-5-14(15)29-19(21)22)6-12(20)16-23-13-8-10(18(26)27)3-4-11(13)17(25)24-16/h2-8,19H,1H3,(H,26,27)(H,23,24,25)/b12-6-. The van der Waals surface area contributed by atoms with Gasteiger partial charge in [-0.25, -0.2) is 9.78 Å². The van der Waals surface area contributed by atoms with Gasteiger partial charge in [0.2, 0.25) is 0 Å². The second-order valence-corrected chi connectivity index (χ2v) is 6.14. The number of hydrogen-bond acceptors (Lipinski definition) is 5. The Morgan fingerprint density at radius 3 is 2.66 bits per heavy atom. The number of H-pyrrole nitrogens is 1. The van der Waals surface area contributed by atoms with Gasteiger partial charge in [-0.05, 0) is 42.0 Å². The maximum absolute atomic E-state index is 12.4. The number of fused-ring (bicyclic) bond motifs is 1. The average molecular weight is 423 g/mol. The van der Waals surface area contributed by atoms with Gasteiger partial charge in [0.05, 0.1) is 28.6 Å². The van der Waals surface area contributed by atoms with E-state index < -0.39 is 18.1 Å². The van der Waals surface area contributed by atoms with Crippen LogP contribution in [0.15, 0.2) is 41.2 Å². The third kappa shape index (κ3) is 4.52. The Labute approximate surface area is 167 Å². The van der Waals surface area contributed by atoms with Crippen molar-refractivity contribution in [3.63, 3.8) is 0 Å². The molecule has 3 aromatic rings. The number of aromatic carboxylic acids is 1. The average Bonchev–Trinajstić information content (AvgIpc) is 2.68. The minimum absolute atomic E-state index is 0.0126. The highest BCUT2D eigenvalue weighted by Crippen LogP contribution is 2.31. The van der Waals surface area contributed by atoms with E-state index >= 15 is 0 Å². The summed E-state index contributed by atoms with van der Waals surface area (Å²) in [5, 5.41) is 9.34. The molecule has 2 aromatic carbocycles. The first-order chi connectivity index (χ1) is 13.8. The highest BCUT2D eigenvalue weighted by atomic mass is 35.5. The lowest BCUT2D eigenvalue weighted by molar-refractivity contribution is -0.0512. The number of aromatic nitrogens is 2. The zero-order valence-corrected chi connectivity index (χ0v) is 15.5. The molecule has 2 N–H and O–H groups in total. The molecule has 1 aromatic heterocycles. The smallest absolute Gasteiger partial charge is 0.387 e. The number of nitrogens with zero attached hydrogens (tertiary/aromatic N) is 1. The zero-order chi connectivity index (χ0) is 21.1. The van der Waals surface area contributed by atoms with Crippen molar-refractivity contribution >= 4 is 39.6 Å². The molecule has 0 aliphatic rings. The molecule has 0 saturated carbocycles. The predicted molar refractivity (Wildman–Crippen MR) is 103 cm³/mol. The van der Waals surface area contributed by atoms with Crippen LogP contribution in [-0.4, -0.2) is 34.8 Å². The summed E-state index contributed by atoms with van der Waals surface area (Å²) in [6.45, 7) is -3.00. The van der Waals surface area contributed by atoms with E-state index in [-0.39, 0.29) is 38.8 Å². The molecule has 0 aliphatic carbocycles. The number of aromatic amines is 1. The minimum atomic E-state index is -3.00. The van der Waals surface area contributed by atoms with Crippen LogP contribution in [0.3, 0.4) is 0 Å². The molecule has 0 spiro atoms. The fourth-order valence-electron chi connectivity index (χ4n) is 2.57. The van der Waals surface area contributed by atoms with E-state index in [4.69, 9.17) is 21.4 Å². The highest BCUT2D eigenvalue weighted by molar-refractivity contribution is 6.50. The monoisotopic (exact) mass is 422 g/mol. The van der Waals surface area contributed by atoms with E-state index in [2.05, 4.69) is 14.7 Å². The van der Waals surface area contributed by atoms with E-state index in [0.717, 1.165) is 0 Å². The van der Waals surface area contributed by atoms with Crippen LogP contribution < -0.4 is 15.0 Å².